The Labute approximate surface area is 129 Å². The van der Waals surface area contributed by atoms with Crippen molar-refractivity contribution in [3.05, 3.63) is 45.5 Å². The number of carbonyl (C=O) groups excluding carboxylic acids is 1. The van der Waals surface area contributed by atoms with Crippen molar-refractivity contribution >= 4 is 23.1 Å². The summed E-state index contributed by atoms with van der Waals surface area (Å²) in [5.41, 5.74) is -1.95. The van der Waals surface area contributed by atoms with Crippen molar-refractivity contribution in [2.24, 2.45) is 5.10 Å². The molecule has 0 aliphatic carbocycles. The van der Waals surface area contributed by atoms with Gasteiger partial charge in [-0.3, -0.25) is 4.79 Å². The van der Waals surface area contributed by atoms with Crippen molar-refractivity contribution in [2.45, 2.75) is 20.3 Å². The monoisotopic (exact) mass is 326 g/mol. The van der Waals surface area contributed by atoms with E-state index in [0.717, 1.165) is 10.9 Å². The number of rotatable bonds is 4. The van der Waals surface area contributed by atoms with Crippen molar-refractivity contribution in [2.75, 3.05) is 6.61 Å². The number of fused-ring (bicyclic) bond motifs is 1. The van der Waals surface area contributed by atoms with E-state index in [-0.39, 0.29) is 6.61 Å². The number of halogens is 3. The zero-order valence-corrected chi connectivity index (χ0v) is 12.4. The Kier molecular flexibility index (Phi) is 4.83. The maximum atomic E-state index is 14.0. The highest BCUT2D eigenvalue weighted by Gasteiger charge is 2.22. The molecule has 0 amide bonds. The van der Waals surface area contributed by atoms with E-state index in [2.05, 4.69) is 5.10 Å². The summed E-state index contributed by atoms with van der Waals surface area (Å²) >= 11 is 0. The predicted molar refractivity (Wildman–Crippen MR) is 78.2 cm³/mol. The molecular weight excluding hydrogens is 313 g/mol. The zero-order chi connectivity index (χ0) is 17.1. The van der Waals surface area contributed by atoms with Gasteiger partial charge in [-0.2, -0.15) is 5.10 Å². The summed E-state index contributed by atoms with van der Waals surface area (Å²) in [6.07, 6.45) is 2.77. The van der Waals surface area contributed by atoms with Gasteiger partial charge in [0.05, 0.1) is 12.0 Å². The molecule has 0 radical (unpaired) electrons. The first-order valence-corrected chi connectivity index (χ1v) is 6.85. The molecule has 0 saturated carbocycles. The third-order valence-electron chi connectivity index (χ3n) is 2.99. The highest BCUT2D eigenvalue weighted by molar-refractivity contribution is 5.94. The third-order valence-corrected chi connectivity index (χ3v) is 2.99. The van der Waals surface area contributed by atoms with E-state index in [1.165, 1.54) is 6.21 Å². The van der Waals surface area contributed by atoms with Gasteiger partial charge in [-0.15, -0.1) is 0 Å². The summed E-state index contributed by atoms with van der Waals surface area (Å²) in [7, 11) is 0. The molecule has 0 spiro atoms. The lowest BCUT2D eigenvalue weighted by Crippen LogP contribution is -2.21. The molecule has 1 aromatic carbocycles. The molecule has 0 bridgehead atoms. The number of hydrogen-bond acceptors (Lipinski definition) is 4. The molecule has 0 aliphatic rings. The minimum Gasteiger partial charge on any atom is -0.462 e. The summed E-state index contributed by atoms with van der Waals surface area (Å²) in [6.45, 7) is 3.30. The smallest absolute Gasteiger partial charge is 0.343 e. The van der Waals surface area contributed by atoms with Crippen LogP contribution in [-0.2, 0) is 4.74 Å². The number of esters is 1. The van der Waals surface area contributed by atoms with Gasteiger partial charge in [0, 0.05) is 12.4 Å². The number of aromatic nitrogens is 1. The quantitative estimate of drug-likeness (QED) is 0.493. The molecule has 0 N–H and O–H groups in total. The van der Waals surface area contributed by atoms with Gasteiger partial charge in [0.25, 0.3) is 0 Å². The Morgan fingerprint density at radius 2 is 2.00 bits per heavy atom. The van der Waals surface area contributed by atoms with Gasteiger partial charge in [-0.25, -0.2) is 22.6 Å². The van der Waals surface area contributed by atoms with Crippen molar-refractivity contribution in [1.82, 2.24) is 4.68 Å². The van der Waals surface area contributed by atoms with E-state index in [0.29, 0.717) is 12.5 Å². The molecule has 2 aromatic rings. The van der Waals surface area contributed by atoms with Crippen LogP contribution in [0.3, 0.4) is 0 Å². The van der Waals surface area contributed by atoms with Crippen LogP contribution in [-0.4, -0.2) is 23.5 Å². The van der Waals surface area contributed by atoms with Gasteiger partial charge in [0.15, 0.2) is 17.5 Å². The largest absolute Gasteiger partial charge is 0.462 e. The van der Waals surface area contributed by atoms with Crippen molar-refractivity contribution in [3.8, 4) is 0 Å². The topological polar surface area (TPSA) is 60.7 Å². The molecule has 0 atom stereocenters. The van der Waals surface area contributed by atoms with Gasteiger partial charge < -0.3 is 4.74 Å². The summed E-state index contributed by atoms with van der Waals surface area (Å²) < 4.78 is 46.5. The minimum atomic E-state index is -1.72. The lowest BCUT2D eigenvalue weighted by Gasteiger charge is -2.10. The highest BCUT2D eigenvalue weighted by Crippen LogP contribution is 2.22. The van der Waals surface area contributed by atoms with Crippen LogP contribution in [0.15, 0.2) is 22.2 Å². The van der Waals surface area contributed by atoms with Crippen LogP contribution in [0.2, 0.25) is 0 Å². The molecule has 0 unspecified atom stereocenters. The van der Waals surface area contributed by atoms with Crippen LogP contribution >= 0.6 is 0 Å². The Balaban J connectivity index is 2.91. The fourth-order valence-electron chi connectivity index (χ4n) is 1.99. The highest BCUT2D eigenvalue weighted by atomic mass is 19.2. The number of hydrogen-bond donors (Lipinski definition) is 0. The second-order valence-corrected chi connectivity index (χ2v) is 4.53. The normalized spacial score (nSPS) is 11.3. The molecule has 1 heterocycles. The SMILES string of the molecule is CCC=Nn1cc(C(=O)OCC)c(=O)c2cc(F)c(F)c(F)c21. The van der Waals surface area contributed by atoms with E-state index in [4.69, 9.17) is 4.74 Å². The maximum absolute atomic E-state index is 14.0. The standard InChI is InChI=1S/C15H13F3N2O3/c1-3-5-19-20-7-9(15(22)23-4-2)14(21)8-6-10(16)11(17)12(18)13(8)20/h5-7H,3-4H2,1-2H3. The number of pyridine rings is 1. The lowest BCUT2D eigenvalue weighted by atomic mass is 10.1. The lowest BCUT2D eigenvalue weighted by molar-refractivity contribution is 0.0524. The molecule has 2 rings (SSSR count). The van der Waals surface area contributed by atoms with Gasteiger partial charge in [0.1, 0.15) is 11.1 Å². The van der Waals surface area contributed by atoms with E-state index < -0.39 is 45.3 Å². The van der Waals surface area contributed by atoms with Gasteiger partial charge >= 0.3 is 5.97 Å². The number of benzene rings is 1. The number of nitrogens with zero attached hydrogens (tertiary/aromatic N) is 2. The third kappa shape index (κ3) is 2.96. The molecule has 5 nitrogen and oxygen atoms in total. The first kappa shape index (κ1) is 16.7. The van der Waals surface area contributed by atoms with Crippen LogP contribution in [0.5, 0.6) is 0 Å². The summed E-state index contributed by atoms with van der Waals surface area (Å²) in [6, 6.07) is 0.538. The molecular formula is C15H13F3N2O3. The van der Waals surface area contributed by atoms with Crippen LogP contribution in [0.4, 0.5) is 13.2 Å². The Bertz CT molecular complexity index is 859. The first-order chi connectivity index (χ1) is 10.9. The average molecular weight is 326 g/mol. The number of ether oxygens (including phenoxy) is 1. The van der Waals surface area contributed by atoms with E-state index in [1.807, 2.05) is 0 Å². The van der Waals surface area contributed by atoms with Crippen molar-refractivity contribution < 1.29 is 22.7 Å². The van der Waals surface area contributed by atoms with Crippen molar-refractivity contribution in [1.29, 1.82) is 0 Å². The molecule has 0 saturated heterocycles. The van der Waals surface area contributed by atoms with Crippen LogP contribution in [0.1, 0.15) is 30.6 Å². The van der Waals surface area contributed by atoms with E-state index in [9.17, 15) is 22.8 Å². The van der Waals surface area contributed by atoms with Gasteiger partial charge in [0.2, 0.25) is 5.43 Å². The maximum Gasteiger partial charge on any atom is 0.343 e. The second kappa shape index (κ2) is 6.64. The molecule has 0 aliphatic heterocycles. The summed E-state index contributed by atoms with van der Waals surface area (Å²) in [5.74, 6) is -5.76. The van der Waals surface area contributed by atoms with Gasteiger partial charge in [-0.1, -0.05) is 6.92 Å². The number of carbonyl (C=O) groups is 1. The van der Waals surface area contributed by atoms with E-state index >= 15 is 0 Å². The van der Waals surface area contributed by atoms with Gasteiger partial charge in [-0.05, 0) is 19.4 Å². The zero-order valence-electron chi connectivity index (χ0n) is 12.4. The predicted octanol–water partition coefficient (Wildman–Crippen LogP) is 2.84. The van der Waals surface area contributed by atoms with Crippen LogP contribution in [0, 0.1) is 17.5 Å². The van der Waals surface area contributed by atoms with E-state index in [1.54, 1.807) is 13.8 Å². The molecule has 0 fully saturated rings. The second-order valence-electron chi connectivity index (χ2n) is 4.53. The first-order valence-electron chi connectivity index (χ1n) is 6.85. The summed E-state index contributed by atoms with van der Waals surface area (Å²) in [5, 5.41) is 3.34. The molecule has 122 valence electrons. The fraction of sp³-hybridized carbons (Fsp3) is 0.267. The van der Waals surface area contributed by atoms with Crippen molar-refractivity contribution in [3.63, 3.8) is 0 Å². The molecule has 8 heteroatoms. The average Bonchev–Trinajstić information content (AvgIpc) is 2.52. The summed E-state index contributed by atoms with van der Waals surface area (Å²) in [4.78, 5) is 24.1. The molecule has 1 aromatic heterocycles. The Morgan fingerprint density at radius 1 is 1.30 bits per heavy atom. The van der Waals surface area contributed by atoms with Crippen LogP contribution in [0.25, 0.3) is 10.9 Å². The minimum absolute atomic E-state index is 0.0146. The Morgan fingerprint density at radius 3 is 2.61 bits per heavy atom. The van der Waals surface area contributed by atoms with Crippen LogP contribution < -0.4 is 5.43 Å². The molecule has 23 heavy (non-hydrogen) atoms. The fourth-order valence-corrected chi connectivity index (χ4v) is 1.99. The Hall–Kier alpha value is -2.64.